The van der Waals surface area contributed by atoms with Gasteiger partial charge in [-0.05, 0) is 24.6 Å². The van der Waals surface area contributed by atoms with E-state index in [1.807, 2.05) is 31.3 Å². The van der Waals surface area contributed by atoms with Crippen LogP contribution in [0.15, 0.2) is 24.3 Å². The molecule has 21 heavy (non-hydrogen) atoms. The maximum Gasteiger partial charge on any atom is 0.186 e. The Morgan fingerprint density at radius 3 is 2.86 bits per heavy atom. The summed E-state index contributed by atoms with van der Waals surface area (Å²) in [5.41, 5.74) is 1.92. The molecule has 0 bridgehead atoms. The predicted molar refractivity (Wildman–Crippen MR) is 87.0 cm³/mol. The minimum atomic E-state index is -0.0181. The molecule has 0 aliphatic carbocycles. The minimum Gasteiger partial charge on any atom is -0.391 e. The van der Waals surface area contributed by atoms with Gasteiger partial charge in [0.25, 0.3) is 0 Å². The topological polar surface area (TPSA) is 45.6 Å². The van der Waals surface area contributed by atoms with Gasteiger partial charge in [-0.15, -0.1) is 0 Å². The van der Waals surface area contributed by atoms with Gasteiger partial charge in [0.2, 0.25) is 0 Å². The standard InChI is InChI=1S/C15H19ClN2O2S/c1-10(11-5-4-6-12(16)7-11)18(2)15-17-13(9-20-3)14(8-19)21-15/h4-7,10,19H,8-9H2,1-3H3. The molecular formula is C15H19ClN2O2S. The summed E-state index contributed by atoms with van der Waals surface area (Å²) in [6.07, 6.45) is 0. The molecule has 0 fully saturated rings. The molecule has 1 aromatic carbocycles. The Hall–Kier alpha value is -1.14. The number of methoxy groups -OCH3 is 1. The van der Waals surface area contributed by atoms with E-state index in [-0.39, 0.29) is 12.6 Å². The first-order valence-corrected chi connectivity index (χ1v) is 7.83. The summed E-state index contributed by atoms with van der Waals surface area (Å²) in [4.78, 5) is 7.49. The summed E-state index contributed by atoms with van der Waals surface area (Å²) in [5.74, 6) is 0. The van der Waals surface area contributed by atoms with Gasteiger partial charge in [-0.25, -0.2) is 4.98 Å². The lowest BCUT2D eigenvalue weighted by atomic mass is 10.1. The van der Waals surface area contributed by atoms with Gasteiger partial charge in [0.15, 0.2) is 5.13 Å². The van der Waals surface area contributed by atoms with E-state index in [0.717, 1.165) is 26.3 Å². The van der Waals surface area contributed by atoms with E-state index < -0.39 is 0 Å². The molecular weight excluding hydrogens is 308 g/mol. The van der Waals surface area contributed by atoms with Crippen LogP contribution in [0.25, 0.3) is 0 Å². The predicted octanol–water partition coefficient (Wildman–Crippen LogP) is 3.63. The molecule has 0 saturated carbocycles. The van der Waals surface area contributed by atoms with E-state index in [2.05, 4.69) is 16.8 Å². The Morgan fingerprint density at radius 1 is 1.48 bits per heavy atom. The van der Waals surface area contributed by atoms with E-state index in [1.54, 1.807) is 7.11 Å². The highest BCUT2D eigenvalue weighted by atomic mass is 35.5. The molecule has 0 aliphatic heterocycles. The molecule has 0 radical (unpaired) electrons. The van der Waals surface area contributed by atoms with Crippen molar-refractivity contribution < 1.29 is 9.84 Å². The molecule has 4 nitrogen and oxygen atoms in total. The second kappa shape index (κ2) is 7.22. The van der Waals surface area contributed by atoms with E-state index in [1.165, 1.54) is 11.3 Å². The number of hydrogen-bond donors (Lipinski definition) is 1. The van der Waals surface area contributed by atoms with Crippen LogP contribution in [0.5, 0.6) is 0 Å². The van der Waals surface area contributed by atoms with E-state index in [9.17, 15) is 5.11 Å². The number of ether oxygens (including phenoxy) is 1. The molecule has 1 atom stereocenters. The third kappa shape index (κ3) is 3.74. The van der Waals surface area contributed by atoms with Crippen molar-refractivity contribution in [2.45, 2.75) is 26.2 Å². The quantitative estimate of drug-likeness (QED) is 0.880. The summed E-state index contributed by atoms with van der Waals surface area (Å²) in [6, 6.07) is 7.95. The summed E-state index contributed by atoms with van der Waals surface area (Å²) in [7, 11) is 3.61. The highest BCUT2D eigenvalue weighted by Crippen LogP contribution is 2.32. The smallest absolute Gasteiger partial charge is 0.186 e. The normalized spacial score (nSPS) is 12.4. The average molecular weight is 327 g/mol. The van der Waals surface area contributed by atoms with Crippen molar-refractivity contribution in [3.63, 3.8) is 0 Å². The average Bonchev–Trinajstić information content (AvgIpc) is 2.89. The second-order valence-corrected chi connectivity index (χ2v) is 6.30. The SMILES string of the molecule is COCc1nc(N(C)C(C)c2cccc(Cl)c2)sc1CO. The highest BCUT2D eigenvalue weighted by Gasteiger charge is 2.18. The number of nitrogens with zero attached hydrogens (tertiary/aromatic N) is 2. The number of rotatable bonds is 6. The zero-order chi connectivity index (χ0) is 15.4. The lowest BCUT2D eigenvalue weighted by Crippen LogP contribution is -2.21. The van der Waals surface area contributed by atoms with E-state index >= 15 is 0 Å². The fourth-order valence-corrected chi connectivity index (χ4v) is 3.21. The van der Waals surface area contributed by atoms with Crippen LogP contribution in [0.4, 0.5) is 5.13 Å². The third-order valence-electron chi connectivity index (χ3n) is 3.41. The zero-order valence-corrected chi connectivity index (χ0v) is 13.9. The molecule has 0 amide bonds. The van der Waals surface area contributed by atoms with Crippen LogP contribution in [0.1, 0.15) is 29.1 Å². The van der Waals surface area contributed by atoms with Gasteiger partial charge in [-0.3, -0.25) is 0 Å². The van der Waals surface area contributed by atoms with Crippen molar-refractivity contribution in [3.05, 3.63) is 45.4 Å². The van der Waals surface area contributed by atoms with Gasteiger partial charge >= 0.3 is 0 Å². The first-order chi connectivity index (χ1) is 10.1. The fourth-order valence-electron chi connectivity index (χ4n) is 2.05. The Bertz CT molecular complexity index is 603. The van der Waals surface area contributed by atoms with Crippen molar-refractivity contribution in [3.8, 4) is 0 Å². The number of aromatic nitrogens is 1. The van der Waals surface area contributed by atoms with Crippen LogP contribution >= 0.6 is 22.9 Å². The van der Waals surface area contributed by atoms with Gasteiger partial charge in [0.05, 0.1) is 29.8 Å². The molecule has 2 aromatic rings. The maximum atomic E-state index is 9.41. The van der Waals surface area contributed by atoms with E-state index in [0.29, 0.717) is 6.61 Å². The van der Waals surface area contributed by atoms with Crippen LogP contribution < -0.4 is 4.90 Å². The molecule has 1 heterocycles. The molecule has 1 unspecified atom stereocenters. The molecule has 1 N–H and O–H groups in total. The lowest BCUT2D eigenvalue weighted by Gasteiger charge is -2.24. The van der Waals surface area contributed by atoms with Gasteiger partial charge in [-0.2, -0.15) is 0 Å². The molecule has 114 valence electrons. The largest absolute Gasteiger partial charge is 0.391 e. The number of benzene rings is 1. The molecule has 0 spiro atoms. The fraction of sp³-hybridized carbons (Fsp3) is 0.400. The monoisotopic (exact) mass is 326 g/mol. The van der Waals surface area contributed by atoms with Crippen molar-refractivity contribution in [1.29, 1.82) is 0 Å². The van der Waals surface area contributed by atoms with Crippen LogP contribution in [0.3, 0.4) is 0 Å². The van der Waals surface area contributed by atoms with Crippen LogP contribution in [-0.2, 0) is 18.0 Å². The van der Waals surface area contributed by atoms with Crippen LogP contribution in [0.2, 0.25) is 5.02 Å². The Morgan fingerprint density at radius 2 is 2.24 bits per heavy atom. The lowest BCUT2D eigenvalue weighted by molar-refractivity contribution is 0.179. The molecule has 1 aromatic heterocycles. The minimum absolute atomic E-state index is 0.0181. The molecule has 2 rings (SSSR count). The zero-order valence-electron chi connectivity index (χ0n) is 12.3. The Labute approximate surface area is 134 Å². The number of halogens is 1. The van der Waals surface area contributed by atoms with E-state index in [4.69, 9.17) is 16.3 Å². The van der Waals surface area contributed by atoms with Crippen molar-refractivity contribution >= 4 is 28.1 Å². The number of hydrogen-bond acceptors (Lipinski definition) is 5. The van der Waals surface area contributed by atoms with Gasteiger partial charge in [-0.1, -0.05) is 35.1 Å². The number of thiazole rings is 1. The molecule has 6 heteroatoms. The van der Waals surface area contributed by atoms with Crippen LogP contribution in [0, 0.1) is 0 Å². The second-order valence-electron chi connectivity index (χ2n) is 4.80. The molecule has 0 saturated heterocycles. The highest BCUT2D eigenvalue weighted by molar-refractivity contribution is 7.15. The van der Waals surface area contributed by atoms with Crippen LogP contribution in [-0.4, -0.2) is 24.2 Å². The summed E-state index contributed by atoms with van der Waals surface area (Å²) < 4.78 is 5.12. The summed E-state index contributed by atoms with van der Waals surface area (Å²) >= 11 is 7.54. The Balaban J connectivity index is 2.24. The van der Waals surface area contributed by atoms with Crippen molar-refractivity contribution in [2.24, 2.45) is 0 Å². The number of aliphatic hydroxyl groups is 1. The van der Waals surface area contributed by atoms with Gasteiger partial charge in [0.1, 0.15) is 0 Å². The third-order valence-corrected chi connectivity index (χ3v) is 4.81. The maximum absolute atomic E-state index is 9.41. The molecule has 0 aliphatic rings. The Kier molecular flexibility index (Phi) is 5.58. The van der Waals surface area contributed by atoms with Crippen molar-refractivity contribution in [2.75, 3.05) is 19.1 Å². The number of anilines is 1. The van der Waals surface area contributed by atoms with Crippen molar-refractivity contribution in [1.82, 2.24) is 4.98 Å². The van der Waals surface area contributed by atoms with Gasteiger partial charge in [0, 0.05) is 19.2 Å². The number of aliphatic hydroxyl groups excluding tert-OH is 1. The van der Waals surface area contributed by atoms with Gasteiger partial charge < -0.3 is 14.7 Å². The summed E-state index contributed by atoms with van der Waals surface area (Å²) in [5, 5.41) is 11.0. The summed E-state index contributed by atoms with van der Waals surface area (Å²) in [6.45, 7) is 2.49. The first kappa shape index (κ1) is 16.2. The first-order valence-electron chi connectivity index (χ1n) is 6.63.